The molecule has 144 valence electrons. The number of para-hydroxylation sites is 1. The molecule has 1 heterocycles. The lowest BCUT2D eigenvalue weighted by molar-refractivity contribution is 0.102. The summed E-state index contributed by atoms with van der Waals surface area (Å²) in [5.41, 5.74) is 4.42. The first kappa shape index (κ1) is 19.8. The first-order valence-corrected chi connectivity index (χ1v) is 9.18. The molecular formula is C23H20N4O2. The van der Waals surface area contributed by atoms with Crippen molar-refractivity contribution in [1.29, 1.82) is 5.26 Å². The van der Waals surface area contributed by atoms with Crippen LogP contribution in [0, 0.1) is 18.3 Å². The van der Waals surface area contributed by atoms with Gasteiger partial charge in [-0.15, -0.1) is 0 Å². The number of aryl methyl sites for hydroxylation is 2. The molecule has 0 bridgehead atoms. The van der Waals surface area contributed by atoms with Gasteiger partial charge in [-0.3, -0.25) is 14.6 Å². The van der Waals surface area contributed by atoms with Crippen LogP contribution in [0.15, 0.2) is 60.9 Å². The standard InChI is InChI=1S/C23H20N4O2/c1-3-17-6-4-5-15(2)21(17)27-23(29)19-11-18(13-25-14-19)22(28)26-20-9-7-16(12-24)8-10-20/h4-11,13-14H,3H2,1-2H3,(H,26,28)(H,27,29). The van der Waals surface area contributed by atoms with Crippen molar-refractivity contribution in [3.05, 3.63) is 88.7 Å². The fraction of sp³-hybridized carbons (Fsp3) is 0.130. The van der Waals surface area contributed by atoms with Gasteiger partial charge in [0.05, 0.1) is 22.8 Å². The molecule has 0 unspecified atom stereocenters. The van der Waals surface area contributed by atoms with Crippen molar-refractivity contribution in [2.75, 3.05) is 10.6 Å². The molecule has 1 aromatic heterocycles. The van der Waals surface area contributed by atoms with Gasteiger partial charge in [0.1, 0.15) is 0 Å². The number of nitrogens with zero attached hydrogens (tertiary/aromatic N) is 2. The first-order valence-electron chi connectivity index (χ1n) is 9.18. The molecule has 2 aromatic carbocycles. The highest BCUT2D eigenvalue weighted by Crippen LogP contribution is 2.22. The maximum absolute atomic E-state index is 12.7. The summed E-state index contributed by atoms with van der Waals surface area (Å²) in [6.07, 6.45) is 3.63. The zero-order valence-electron chi connectivity index (χ0n) is 16.2. The number of pyridine rings is 1. The molecule has 2 N–H and O–H groups in total. The SMILES string of the molecule is CCc1cccc(C)c1NC(=O)c1cncc(C(=O)Nc2ccc(C#N)cc2)c1. The van der Waals surface area contributed by atoms with E-state index in [-0.39, 0.29) is 17.4 Å². The number of anilines is 2. The van der Waals surface area contributed by atoms with Gasteiger partial charge in [0.25, 0.3) is 11.8 Å². The van der Waals surface area contributed by atoms with Crippen LogP contribution in [0.3, 0.4) is 0 Å². The van der Waals surface area contributed by atoms with Gasteiger partial charge in [0, 0.05) is 23.8 Å². The van der Waals surface area contributed by atoms with Gasteiger partial charge in [0.15, 0.2) is 0 Å². The summed E-state index contributed by atoms with van der Waals surface area (Å²) in [5, 5.41) is 14.5. The molecule has 2 amide bonds. The Bertz CT molecular complexity index is 1100. The number of aromatic nitrogens is 1. The number of benzene rings is 2. The van der Waals surface area contributed by atoms with Crippen molar-refractivity contribution >= 4 is 23.2 Å². The van der Waals surface area contributed by atoms with Gasteiger partial charge in [0.2, 0.25) is 0 Å². The topological polar surface area (TPSA) is 94.9 Å². The van der Waals surface area contributed by atoms with Crippen LogP contribution in [0.2, 0.25) is 0 Å². The monoisotopic (exact) mass is 384 g/mol. The number of hydrogen-bond acceptors (Lipinski definition) is 4. The fourth-order valence-electron chi connectivity index (χ4n) is 2.91. The molecule has 0 aliphatic rings. The molecule has 0 spiro atoms. The molecule has 29 heavy (non-hydrogen) atoms. The van der Waals surface area contributed by atoms with Crippen molar-refractivity contribution in [1.82, 2.24) is 4.98 Å². The van der Waals surface area contributed by atoms with E-state index < -0.39 is 0 Å². The van der Waals surface area contributed by atoms with Crippen LogP contribution >= 0.6 is 0 Å². The van der Waals surface area contributed by atoms with E-state index in [4.69, 9.17) is 5.26 Å². The highest BCUT2D eigenvalue weighted by molar-refractivity contribution is 6.08. The summed E-state index contributed by atoms with van der Waals surface area (Å²) >= 11 is 0. The van der Waals surface area contributed by atoms with Crippen molar-refractivity contribution in [3.63, 3.8) is 0 Å². The Morgan fingerprint density at radius 1 is 1.00 bits per heavy atom. The largest absolute Gasteiger partial charge is 0.322 e. The molecule has 0 aliphatic heterocycles. The van der Waals surface area contributed by atoms with Crippen LogP contribution < -0.4 is 10.6 Å². The second-order valence-corrected chi connectivity index (χ2v) is 6.52. The molecular weight excluding hydrogens is 364 g/mol. The third-order valence-corrected chi connectivity index (χ3v) is 4.51. The number of amides is 2. The lowest BCUT2D eigenvalue weighted by Gasteiger charge is -2.13. The molecule has 0 radical (unpaired) electrons. The predicted octanol–water partition coefficient (Wildman–Crippen LogP) is 4.33. The van der Waals surface area contributed by atoms with Crippen molar-refractivity contribution in [3.8, 4) is 6.07 Å². The van der Waals surface area contributed by atoms with Crippen molar-refractivity contribution in [2.45, 2.75) is 20.3 Å². The number of carbonyl (C=O) groups is 2. The molecule has 3 aromatic rings. The second kappa shape index (κ2) is 8.81. The zero-order valence-corrected chi connectivity index (χ0v) is 16.2. The average Bonchev–Trinajstić information content (AvgIpc) is 2.75. The van der Waals surface area contributed by atoms with E-state index in [1.54, 1.807) is 24.3 Å². The van der Waals surface area contributed by atoms with E-state index in [9.17, 15) is 9.59 Å². The van der Waals surface area contributed by atoms with Crippen LogP contribution in [0.4, 0.5) is 11.4 Å². The number of nitrogens with one attached hydrogen (secondary N) is 2. The van der Waals surface area contributed by atoms with E-state index in [2.05, 4.69) is 15.6 Å². The van der Waals surface area contributed by atoms with Crippen LogP contribution in [0.25, 0.3) is 0 Å². The number of hydrogen-bond donors (Lipinski definition) is 2. The van der Waals surface area contributed by atoms with Crippen molar-refractivity contribution < 1.29 is 9.59 Å². The van der Waals surface area contributed by atoms with Gasteiger partial charge >= 0.3 is 0 Å². The third kappa shape index (κ3) is 4.66. The van der Waals surface area contributed by atoms with Crippen LogP contribution in [0.1, 0.15) is 44.3 Å². The predicted molar refractivity (Wildman–Crippen MR) is 112 cm³/mol. The van der Waals surface area contributed by atoms with Crippen LogP contribution in [-0.2, 0) is 6.42 Å². The summed E-state index contributed by atoms with van der Waals surface area (Å²) < 4.78 is 0. The third-order valence-electron chi connectivity index (χ3n) is 4.51. The van der Waals surface area contributed by atoms with Crippen molar-refractivity contribution in [2.24, 2.45) is 0 Å². The maximum Gasteiger partial charge on any atom is 0.257 e. The molecule has 0 fully saturated rings. The minimum Gasteiger partial charge on any atom is -0.322 e. The molecule has 0 atom stereocenters. The van der Waals surface area contributed by atoms with E-state index in [0.29, 0.717) is 16.8 Å². The quantitative estimate of drug-likeness (QED) is 0.684. The van der Waals surface area contributed by atoms with Gasteiger partial charge in [-0.05, 0) is 54.8 Å². The number of rotatable bonds is 5. The Balaban J connectivity index is 1.77. The average molecular weight is 384 g/mol. The summed E-state index contributed by atoms with van der Waals surface area (Å²) in [4.78, 5) is 29.3. The van der Waals surface area contributed by atoms with E-state index in [0.717, 1.165) is 23.2 Å². The maximum atomic E-state index is 12.7. The minimum absolute atomic E-state index is 0.266. The molecule has 0 saturated carbocycles. The number of carbonyl (C=O) groups excluding carboxylic acids is 2. The Morgan fingerprint density at radius 2 is 1.66 bits per heavy atom. The highest BCUT2D eigenvalue weighted by atomic mass is 16.2. The molecule has 3 rings (SSSR count). The normalized spacial score (nSPS) is 10.1. The van der Waals surface area contributed by atoms with Crippen LogP contribution in [0.5, 0.6) is 0 Å². The van der Waals surface area contributed by atoms with E-state index >= 15 is 0 Å². The Morgan fingerprint density at radius 3 is 2.28 bits per heavy atom. The Kier molecular flexibility index (Phi) is 6.00. The zero-order chi connectivity index (χ0) is 20.8. The van der Waals surface area contributed by atoms with Gasteiger partial charge in [-0.25, -0.2) is 0 Å². The van der Waals surface area contributed by atoms with E-state index in [1.807, 2.05) is 38.1 Å². The van der Waals surface area contributed by atoms with Gasteiger partial charge in [-0.2, -0.15) is 5.26 Å². The fourth-order valence-corrected chi connectivity index (χ4v) is 2.91. The lowest BCUT2D eigenvalue weighted by Crippen LogP contribution is -2.17. The summed E-state index contributed by atoms with van der Waals surface area (Å²) in [6.45, 7) is 3.97. The minimum atomic E-state index is -0.387. The summed E-state index contributed by atoms with van der Waals surface area (Å²) in [6, 6.07) is 15.9. The second-order valence-electron chi connectivity index (χ2n) is 6.52. The first-order chi connectivity index (χ1) is 14.0. The Hall–Kier alpha value is -3.98. The lowest BCUT2D eigenvalue weighted by atomic mass is 10.1. The Labute approximate surface area is 169 Å². The van der Waals surface area contributed by atoms with E-state index in [1.165, 1.54) is 18.5 Å². The molecule has 6 nitrogen and oxygen atoms in total. The summed E-state index contributed by atoms with van der Waals surface area (Å²) in [5.74, 6) is -0.712. The molecule has 0 saturated heterocycles. The number of nitriles is 1. The summed E-state index contributed by atoms with van der Waals surface area (Å²) in [7, 11) is 0. The van der Waals surface area contributed by atoms with Gasteiger partial charge < -0.3 is 10.6 Å². The smallest absolute Gasteiger partial charge is 0.257 e. The highest BCUT2D eigenvalue weighted by Gasteiger charge is 2.14. The van der Waals surface area contributed by atoms with Gasteiger partial charge in [-0.1, -0.05) is 25.1 Å². The molecule has 0 aliphatic carbocycles. The van der Waals surface area contributed by atoms with Crippen LogP contribution in [-0.4, -0.2) is 16.8 Å². The molecule has 6 heteroatoms.